The molecule has 0 spiro atoms. The number of alkyl halides is 3. The fraction of sp³-hybridized carbons (Fsp3) is 0.562. The third kappa shape index (κ3) is 5.76. The minimum atomic E-state index is -4.41. The minimum Gasteiger partial charge on any atom is -0.492 e. The van der Waals surface area contributed by atoms with Crippen LogP contribution in [0.3, 0.4) is 0 Å². The lowest BCUT2D eigenvalue weighted by atomic mass is 9.79. The van der Waals surface area contributed by atoms with Gasteiger partial charge in [0.25, 0.3) is 0 Å². The maximum absolute atomic E-state index is 12.6. The number of carbonyl (C=O) groups is 1. The molecule has 1 aromatic rings. The fourth-order valence-corrected chi connectivity index (χ4v) is 2.57. The lowest BCUT2D eigenvalue weighted by Gasteiger charge is -2.34. The lowest BCUT2D eigenvalue weighted by molar-refractivity contribution is -0.137. The van der Waals surface area contributed by atoms with Gasteiger partial charge in [-0.15, -0.1) is 12.4 Å². The molecule has 1 aliphatic rings. The molecule has 0 radical (unpaired) electrons. The van der Waals surface area contributed by atoms with Crippen molar-refractivity contribution in [3.05, 3.63) is 29.8 Å². The Morgan fingerprint density at radius 3 is 2.60 bits per heavy atom. The van der Waals surface area contributed by atoms with E-state index in [0.717, 1.165) is 12.1 Å². The predicted molar refractivity (Wildman–Crippen MR) is 88.7 cm³/mol. The van der Waals surface area contributed by atoms with Crippen LogP contribution in [-0.4, -0.2) is 38.8 Å². The zero-order valence-electron chi connectivity index (χ0n) is 13.6. The second kappa shape index (κ2) is 9.26. The molecular weight excluding hydrogens is 361 g/mol. The summed E-state index contributed by atoms with van der Waals surface area (Å²) in [4.78, 5) is 12.3. The van der Waals surface area contributed by atoms with Crippen molar-refractivity contribution in [3.8, 4) is 5.75 Å². The third-order valence-electron chi connectivity index (χ3n) is 4.14. The van der Waals surface area contributed by atoms with E-state index in [1.807, 2.05) is 0 Å². The van der Waals surface area contributed by atoms with Gasteiger partial charge in [-0.3, -0.25) is 4.79 Å². The van der Waals surface area contributed by atoms with Gasteiger partial charge in [-0.2, -0.15) is 13.2 Å². The highest BCUT2D eigenvalue weighted by Crippen LogP contribution is 2.31. The molecule has 0 atom stereocenters. The van der Waals surface area contributed by atoms with Gasteiger partial charge in [0, 0.05) is 19.8 Å². The van der Waals surface area contributed by atoms with Crippen LogP contribution in [0.15, 0.2) is 24.3 Å². The van der Waals surface area contributed by atoms with E-state index in [9.17, 15) is 18.0 Å². The summed E-state index contributed by atoms with van der Waals surface area (Å²) in [5, 5.41) is 2.74. The molecule has 1 fully saturated rings. The Hall–Kier alpha value is -1.51. The SMILES string of the molecule is Cl.NCC1(C(=O)NCCOc2cccc(C(F)(F)F)c2)CCOCC1. The molecule has 0 aromatic heterocycles. The number of carbonyl (C=O) groups excluding carboxylic acids is 1. The van der Waals surface area contributed by atoms with Crippen molar-refractivity contribution >= 4 is 18.3 Å². The molecule has 0 saturated carbocycles. The lowest BCUT2D eigenvalue weighted by Crippen LogP contribution is -2.49. The standard InChI is InChI=1S/C16H21F3N2O3.ClH/c17-16(18,19)12-2-1-3-13(10-12)24-9-6-21-14(22)15(11-20)4-7-23-8-5-15;/h1-3,10H,4-9,11,20H2,(H,21,22);1H. The molecule has 142 valence electrons. The van der Waals surface area contributed by atoms with E-state index in [0.29, 0.717) is 26.1 Å². The molecule has 1 aliphatic heterocycles. The average Bonchev–Trinajstić information content (AvgIpc) is 2.58. The van der Waals surface area contributed by atoms with Gasteiger partial charge in [0.05, 0.1) is 17.5 Å². The van der Waals surface area contributed by atoms with Gasteiger partial charge in [0.15, 0.2) is 0 Å². The van der Waals surface area contributed by atoms with E-state index >= 15 is 0 Å². The number of hydrogen-bond acceptors (Lipinski definition) is 4. The number of ether oxygens (including phenoxy) is 2. The zero-order valence-corrected chi connectivity index (χ0v) is 14.4. The summed E-state index contributed by atoms with van der Waals surface area (Å²) in [6.45, 7) is 1.48. The molecule has 0 bridgehead atoms. The first kappa shape index (κ1) is 21.5. The first-order valence-electron chi connectivity index (χ1n) is 7.74. The zero-order chi connectivity index (χ0) is 17.6. The summed E-state index contributed by atoms with van der Waals surface area (Å²) in [5.74, 6) is -0.0559. The van der Waals surface area contributed by atoms with Gasteiger partial charge < -0.3 is 20.5 Å². The van der Waals surface area contributed by atoms with Crippen LogP contribution >= 0.6 is 12.4 Å². The van der Waals surface area contributed by atoms with Crippen LogP contribution in [0.1, 0.15) is 18.4 Å². The van der Waals surface area contributed by atoms with E-state index in [-0.39, 0.29) is 43.8 Å². The molecular formula is C16H22ClF3N2O3. The maximum atomic E-state index is 12.6. The maximum Gasteiger partial charge on any atom is 0.416 e. The summed E-state index contributed by atoms with van der Waals surface area (Å²) in [5.41, 5.74) is 4.34. The summed E-state index contributed by atoms with van der Waals surface area (Å²) in [6, 6.07) is 4.63. The molecule has 1 heterocycles. The number of benzene rings is 1. The Balaban J connectivity index is 0.00000312. The van der Waals surface area contributed by atoms with Crippen molar-refractivity contribution in [2.24, 2.45) is 11.1 Å². The first-order valence-corrected chi connectivity index (χ1v) is 7.74. The Morgan fingerprint density at radius 2 is 2.00 bits per heavy atom. The van der Waals surface area contributed by atoms with Crippen LogP contribution in [0.2, 0.25) is 0 Å². The predicted octanol–water partition coefficient (Wildman–Crippen LogP) is 2.38. The van der Waals surface area contributed by atoms with E-state index in [2.05, 4.69) is 5.32 Å². The highest BCUT2D eigenvalue weighted by atomic mass is 35.5. The van der Waals surface area contributed by atoms with E-state index < -0.39 is 17.2 Å². The van der Waals surface area contributed by atoms with Crippen molar-refractivity contribution in [1.82, 2.24) is 5.32 Å². The van der Waals surface area contributed by atoms with Crippen molar-refractivity contribution in [3.63, 3.8) is 0 Å². The molecule has 1 aromatic carbocycles. The Morgan fingerprint density at radius 1 is 1.32 bits per heavy atom. The Kier molecular flexibility index (Phi) is 7.98. The number of hydrogen-bond donors (Lipinski definition) is 2. The number of nitrogens with one attached hydrogen (secondary N) is 1. The van der Waals surface area contributed by atoms with Crippen molar-refractivity contribution in [2.45, 2.75) is 19.0 Å². The van der Waals surface area contributed by atoms with Gasteiger partial charge in [-0.05, 0) is 31.0 Å². The normalized spacial score (nSPS) is 16.6. The van der Waals surface area contributed by atoms with Crippen molar-refractivity contribution in [2.75, 3.05) is 32.9 Å². The van der Waals surface area contributed by atoms with Crippen LogP contribution in [0.5, 0.6) is 5.75 Å². The minimum absolute atomic E-state index is 0. The summed E-state index contributed by atoms with van der Waals surface area (Å²) in [6.07, 6.45) is -3.29. The molecule has 0 aliphatic carbocycles. The average molecular weight is 383 g/mol. The quantitative estimate of drug-likeness (QED) is 0.741. The van der Waals surface area contributed by atoms with E-state index in [1.165, 1.54) is 12.1 Å². The van der Waals surface area contributed by atoms with Crippen LogP contribution < -0.4 is 15.8 Å². The van der Waals surface area contributed by atoms with Gasteiger partial charge in [0.1, 0.15) is 12.4 Å². The molecule has 0 unspecified atom stereocenters. The van der Waals surface area contributed by atoms with Crippen LogP contribution in [0.4, 0.5) is 13.2 Å². The van der Waals surface area contributed by atoms with Gasteiger partial charge in [-0.25, -0.2) is 0 Å². The van der Waals surface area contributed by atoms with Crippen molar-refractivity contribution < 1.29 is 27.4 Å². The summed E-state index contributed by atoms with van der Waals surface area (Å²) >= 11 is 0. The summed E-state index contributed by atoms with van der Waals surface area (Å²) in [7, 11) is 0. The molecule has 1 amide bonds. The largest absolute Gasteiger partial charge is 0.492 e. The number of nitrogens with two attached hydrogens (primary N) is 1. The van der Waals surface area contributed by atoms with Gasteiger partial charge in [0.2, 0.25) is 5.91 Å². The molecule has 5 nitrogen and oxygen atoms in total. The van der Waals surface area contributed by atoms with Crippen LogP contribution in [-0.2, 0) is 15.7 Å². The smallest absolute Gasteiger partial charge is 0.416 e. The first-order chi connectivity index (χ1) is 11.4. The Bertz CT molecular complexity index is 564. The third-order valence-corrected chi connectivity index (χ3v) is 4.14. The fourth-order valence-electron chi connectivity index (χ4n) is 2.57. The number of amides is 1. The van der Waals surface area contributed by atoms with E-state index in [1.54, 1.807) is 0 Å². The van der Waals surface area contributed by atoms with Crippen molar-refractivity contribution in [1.29, 1.82) is 0 Å². The topological polar surface area (TPSA) is 73.6 Å². The van der Waals surface area contributed by atoms with Crippen LogP contribution in [0, 0.1) is 5.41 Å². The van der Waals surface area contributed by atoms with Gasteiger partial charge >= 0.3 is 6.18 Å². The highest BCUT2D eigenvalue weighted by molar-refractivity contribution is 5.85. The molecule has 9 heteroatoms. The second-order valence-electron chi connectivity index (χ2n) is 5.73. The molecule has 3 N–H and O–H groups in total. The second-order valence-corrected chi connectivity index (χ2v) is 5.73. The monoisotopic (exact) mass is 382 g/mol. The molecule has 25 heavy (non-hydrogen) atoms. The number of rotatable bonds is 6. The summed E-state index contributed by atoms with van der Waals surface area (Å²) < 4.78 is 48.4. The Labute approximate surface area is 150 Å². The van der Waals surface area contributed by atoms with Crippen LogP contribution in [0.25, 0.3) is 0 Å². The highest BCUT2D eigenvalue weighted by Gasteiger charge is 2.38. The van der Waals surface area contributed by atoms with E-state index in [4.69, 9.17) is 15.2 Å². The van der Waals surface area contributed by atoms with Gasteiger partial charge in [-0.1, -0.05) is 6.07 Å². The molecule has 2 rings (SSSR count). The molecule has 1 saturated heterocycles. The number of halogens is 4.